The molecule has 0 saturated carbocycles. The summed E-state index contributed by atoms with van der Waals surface area (Å²) >= 11 is 0. The van der Waals surface area contributed by atoms with Gasteiger partial charge in [-0.1, -0.05) is 449 Å². The van der Waals surface area contributed by atoms with Crippen molar-refractivity contribution in [1.29, 1.82) is 0 Å². The molecule has 3 aromatic heterocycles. The molecule has 29 aromatic rings. The van der Waals surface area contributed by atoms with Crippen LogP contribution >= 0.6 is 0 Å². The summed E-state index contributed by atoms with van der Waals surface area (Å²) in [6.07, 6.45) is 0. The van der Waals surface area contributed by atoms with E-state index in [0.717, 1.165) is 65.8 Å². The van der Waals surface area contributed by atoms with Gasteiger partial charge in [0.1, 0.15) is 33.5 Å². The average Bonchev–Trinajstić information content (AvgIpc) is 1.66. The van der Waals surface area contributed by atoms with Crippen molar-refractivity contribution >= 4 is 195 Å². The minimum Gasteiger partial charge on any atom is -0.455 e. The van der Waals surface area contributed by atoms with E-state index in [0.29, 0.717) is 0 Å². The first-order chi connectivity index (χ1) is 67.0. The third-order valence-corrected chi connectivity index (χ3v) is 28.3. The van der Waals surface area contributed by atoms with Crippen LogP contribution < -0.4 is 0 Å². The molecule has 0 N–H and O–H groups in total. The molecule has 626 valence electrons. The summed E-state index contributed by atoms with van der Waals surface area (Å²) in [5.74, 6) is 0. The second-order valence-electron chi connectivity index (χ2n) is 35.6. The van der Waals surface area contributed by atoms with Gasteiger partial charge in [-0.15, -0.1) is 0 Å². The highest BCUT2D eigenvalue weighted by Gasteiger charge is 2.27. The molecule has 0 amide bonds. The lowest BCUT2D eigenvalue weighted by Crippen LogP contribution is -1.92. The van der Waals surface area contributed by atoms with Crippen LogP contribution in [0, 0.1) is 0 Å². The third kappa shape index (κ3) is 12.4. The molecule has 0 atom stereocenters. The number of fused-ring (bicyclic) bond motifs is 30. The summed E-state index contributed by atoms with van der Waals surface area (Å²) < 4.78 is 19.9. The molecule has 29 rings (SSSR count). The first-order valence-electron chi connectivity index (χ1n) is 46.5. The monoisotopic (exact) mass is 1710 g/mol. The fraction of sp³-hybridized carbons (Fsp3) is 0. The normalized spacial score (nSPS) is 11.9. The van der Waals surface area contributed by atoms with Crippen LogP contribution in [0.3, 0.4) is 0 Å². The molecule has 0 aliphatic rings. The smallest absolute Gasteiger partial charge is 0.143 e. The SMILES string of the molecule is c1ccc(-c2c3ccccc3c(-c3ccc4oc5c6ccccc6c6ccccc6c5c4c3)c3ccccc23)cc1.c1ccc(-c2ccc(-c3c4ccccc4c(-c4ccc5oc6c7ccccc7c7ccccc7c6c5c4)c4ccccc34)cc2)cc1.c1ccc(-c2ccccc2-c2c3ccccc3c(-c3ccc4oc5c6ccccc6c6ccccc6c5c4c3)c3ccccc23)cc1. The molecule has 0 aliphatic heterocycles. The van der Waals surface area contributed by atoms with Crippen LogP contribution in [0.2, 0.25) is 0 Å². The van der Waals surface area contributed by atoms with Crippen LogP contribution in [0.4, 0.5) is 0 Å². The Bertz CT molecular complexity index is 9760. The summed E-state index contributed by atoms with van der Waals surface area (Å²) in [5.41, 5.74) is 25.4. The molecule has 0 aliphatic carbocycles. The summed E-state index contributed by atoms with van der Waals surface area (Å²) in [5, 5.41) is 36.6. The lowest BCUT2D eigenvalue weighted by Gasteiger charge is -2.19. The number of benzene rings is 26. The number of furan rings is 3. The van der Waals surface area contributed by atoms with Gasteiger partial charge in [0, 0.05) is 48.5 Å². The Hall–Kier alpha value is -17.8. The van der Waals surface area contributed by atoms with Crippen molar-refractivity contribution in [3.8, 4) is 89.0 Å². The van der Waals surface area contributed by atoms with Crippen LogP contribution in [0.1, 0.15) is 0 Å². The molecule has 3 nitrogen and oxygen atoms in total. The lowest BCUT2D eigenvalue weighted by molar-refractivity contribution is 0.672. The molecule has 0 saturated heterocycles. The Morgan fingerprint density at radius 2 is 0.289 bits per heavy atom. The van der Waals surface area contributed by atoms with Crippen molar-refractivity contribution in [2.24, 2.45) is 0 Å². The highest BCUT2D eigenvalue weighted by Crippen LogP contribution is 2.53. The summed E-state index contributed by atoms with van der Waals surface area (Å²) in [6.45, 7) is 0. The summed E-state index contributed by atoms with van der Waals surface area (Å²) in [4.78, 5) is 0. The van der Waals surface area contributed by atoms with Crippen LogP contribution in [0.25, 0.3) is 284 Å². The molecule has 26 aromatic carbocycles. The maximum atomic E-state index is 6.67. The Kier molecular flexibility index (Phi) is 18.0. The maximum absolute atomic E-state index is 6.67. The van der Waals surface area contributed by atoms with Gasteiger partial charge in [-0.25, -0.2) is 0 Å². The Labute approximate surface area is 777 Å². The first-order valence-corrected chi connectivity index (χ1v) is 46.5. The molecule has 3 heteroatoms. The number of hydrogen-bond acceptors (Lipinski definition) is 3. The quantitative estimate of drug-likeness (QED) is 0.112. The Balaban J connectivity index is 0.000000103. The van der Waals surface area contributed by atoms with E-state index in [-0.39, 0.29) is 0 Å². The predicted octanol–water partition coefficient (Wildman–Crippen LogP) is 37.9. The molecule has 135 heavy (non-hydrogen) atoms. The summed E-state index contributed by atoms with van der Waals surface area (Å²) in [6, 6.07) is 175. The van der Waals surface area contributed by atoms with Crippen molar-refractivity contribution < 1.29 is 13.3 Å². The van der Waals surface area contributed by atoms with Crippen molar-refractivity contribution in [1.82, 2.24) is 0 Å². The van der Waals surface area contributed by atoms with E-state index in [1.54, 1.807) is 0 Å². The molecule has 0 radical (unpaired) electrons. The number of rotatable bonds is 8. The van der Waals surface area contributed by atoms with Gasteiger partial charge in [-0.2, -0.15) is 0 Å². The minimum absolute atomic E-state index is 0.910. The third-order valence-electron chi connectivity index (χ3n) is 28.3. The van der Waals surface area contributed by atoms with E-state index >= 15 is 0 Å². The van der Waals surface area contributed by atoms with Crippen molar-refractivity contribution in [3.63, 3.8) is 0 Å². The molecular weight excluding hydrogens is 1630 g/mol. The van der Waals surface area contributed by atoms with Crippen LogP contribution in [-0.4, -0.2) is 0 Å². The summed E-state index contributed by atoms with van der Waals surface area (Å²) in [7, 11) is 0. The van der Waals surface area contributed by atoms with Crippen molar-refractivity contribution in [2.75, 3.05) is 0 Å². The predicted molar refractivity (Wildman–Crippen MR) is 575 cm³/mol. The van der Waals surface area contributed by atoms with E-state index < -0.39 is 0 Å². The van der Waals surface area contributed by atoms with Gasteiger partial charge in [0.25, 0.3) is 0 Å². The van der Waals surface area contributed by atoms with Gasteiger partial charge in [-0.05, 0) is 239 Å². The van der Waals surface area contributed by atoms with Gasteiger partial charge in [-0.3, -0.25) is 0 Å². The molecule has 3 heterocycles. The van der Waals surface area contributed by atoms with Gasteiger partial charge in [0.05, 0.1) is 0 Å². The topological polar surface area (TPSA) is 39.4 Å². The zero-order valence-electron chi connectivity index (χ0n) is 73.4. The second kappa shape index (κ2) is 31.5. The van der Waals surface area contributed by atoms with Crippen molar-refractivity contribution in [3.05, 3.63) is 485 Å². The van der Waals surface area contributed by atoms with Crippen LogP contribution in [0.5, 0.6) is 0 Å². The Morgan fingerprint density at radius 1 is 0.104 bits per heavy atom. The van der Waals surface area contributed by atoms with Gasteiger partial charge in [0.2, 0.25) is 0 Å². The standard InChI is InChI=1S/2C46H28O.C40H24O/c1-2-14-29(15-3-1)31-16-4-7-19-34(31)44-38-23-11-9-21-36(38)43(37-22-10-12-24-39(37)44)30-26-27-42-41(28-30)45-35-20-8-5-17-32(35)33-18-6-13-25-40(33)46(45)47-42;1-2-12-29(13-3-1)30-22-24-31(25-23-30)43-36-17-7-9-19-38(36)44(39-20-10-8-18-37(39)43)32-26-27-42-41(28-32)45-35-16-6-4-14-33(35)34-15-5-11-21-40(34)46(45)47-42;1-2-12-25(13-3-1)37-30-17-7-9-19-32(30)38(33-20-10-8-18-31(33)37)26-22-23-36-35(24-26)39-29-16-6-4-14-27(29)28-15-5-11-21-34(28)40(39)41-36/h2*1-28H;1-24H. The van der Waals surface area contributed by atoms with E-state index in [1.165, 1.54) is 218 Å². The zero-order chi connectivity index (χ0) is 88.7. The molecular formula is C132H80O3. The van der Waals surface area contributed by atoms with Gasteiger partial charge >= 0.3 is 0 Å². The molecule has 0 fully saturated rings. The fourth-order valence-electron chi connectivity index (χ4n) is 22.6. The van der Waals surface area contributed by atoms with Gasteiger partial charge in [0.15, 0.2) is 0 Å². The highest BCUT2D eigenvalue weighted by atomic mass is 16.3. The minimum atomic E-state index is 0.910. The highest BCUT2D eigenvalue weighted by molar-refractivity contribution is 6.35. The first kappa shape index (κ1) is 77.2. The van der Waals surface area contributed by atoms with E-state index in [9.17, 15) is 0 Å². The van der Waals surface area contributed by atoms with E-state index in [2.05, 4.69) is 485 Å². The van der Waals surface area contributed by atoms with Gasteiger partial charge < -0.3 is 13.3 Å². The molecule has 0 spiro atoms. The van der Waals surface area contributed by atoms with E-state index in [1.807, 2.05) is 0 Å². The maximum Gasteiger partial charge on any atom is 0.143 e. The molecule has 0 unspecified atom stereocenters. The molecule has 0 bridgehead atoms. The second-order valence-corrected chi connectivity index (χ2v) is 35.6. The van der Waals surface area contributed by atoms with E-state index in [4.69, 9.17) is 13.3 Å². The number of hydrogen-bond donors (Lipinski definition) is 0. The largest absolute Gasteiger partial charge is 0.455 e. The van der Waals surface area contributed by atoms with Crippen molar-refractivity contribution in [2.45, 2.75) is 0 Å². The zero-order valence-corrected chi connectivity index (χ0v) is 73.4. The fourth-order valence-corrected chi connectivity index (χ4v) is 22.6. The van der Waals surface area contributed by atoms with Crippen LogP contribution in [0.15, 0.2) is 499 Å². The Morgan fingerprint density at radius 3 is 0.585 bits per heavy atom. The van der Waals surface area contributed by atoms with Crippen LogP contribution in [-0.2, 0) is 0 Å². The lowest BCUT2D eigenvalue weighted by atomic mass is 9.83. The average molecular weight is 1710 g/mol.